The van der Waals surface area contributed by atoms with Crippen molar-refractivity contribution in [2.75, 3.05) is 26.2 Å². The maximum absolute atomic E-state index is 10.8. The van der Waals surface area contributed by atoms with Crippen molar-refractivity contribution in [3.63, 3.8) is 0 Å². The molecular weight excluding hydrogens is 300 g/mol. The zero-order valence-corrected chi connectivity index (χ0v) is 12.2. The summed E-state index contributed by atoms with van der Waals surface area (Å²) in [6, 6.07) is -1.55. The summed E-state index contributed by atoms with van der Waals surface area (Å²) in [4.78, 5) is 44.8. The molecule has 10 heteroatoms. The molecule has 0 spiro atoms. The highest BCUT2D eigenvalue weighted by molar-refractivity contribution is 5.72. The molecule has 2 unspecified atom stereocenters. The largest absolute Gasteiger partial charge is 0.549 e. The van der Waals surface area contributed by atoms with E-state index in [1.165, 1.54) is 13.8 Å². The van der Waals surface area contributed by atoms with Crippen LogP contribution in [0.5, 0.6) is 0 Å². The quantitative estimate of drug-likeness (QED) is 0.389. The van der Waals surface area contributed by atoms with Gasteiger partial charge in [-0.15, -0.1) is 0 Å². The van der Waals surface area contributed by atoms with Gasteiger partial charge >= 0.3 is 5.97 Å². The molecular formula is C12H17N2O8-3. The van der Waals surface area contributed by atoms with Crippen LogP contribution in [0.2, 0.25) is 0 Å². The summed E-state index contributed by atoms with van der Waals surface area (Å²) in [6.07, 6.45) is 0. The predicted octanol–water partition coefficient (Wildman–Crippen LogP) is -5.30. The van der Waals surface area contributed by atoms with E-state index in [-0.39, 0.29) is 0 Å². The summed E-state index contributed by atoms with van der Waals surface area (Å²) in [7, 11) is 0. The molecule has 22 heavy (non-hydrogen) atoms. The van der Waals surface area contributed by atoms with E-state index in [0.717, 1.165) is 9.80 Å². The molecule has 0 aromatic carbocycles. The van der Waals surface area contributed by atoms with Crippen LogP contribution in [0, 0.1) is 0 Å². The molecule has 0 aliphatic heterocycles. The highest BCUT2D eigenvalue weighted by atomic mass is 16.4. The summed E-state index contributed by atoms with van der Waals surface area (Å²) in [5.41, 5.74) is 0. The zero-order valence-electron chi connectivity index (χ0n) is 12.2. The molecule has 0 heterocycles. The molecule has 1 N–H and O–H groups in total. The highest BCUT2D eigenvalue weighted by Gasteiger charge is 2.26. The van der Waals surface area contributed by atoms with Crippen molar-refractivity contribution in [2.24, 2.45) is 0 Å². The first kappa shape index (κ1) is 19.8. The normalized spacial score (nSPS) is 13.8. The Kier molecular flexibility index (Phi) is 8.05. The number of carboxylic acid groups (broad SMARTS) is 4. The molecule has 10 nitrogen and oxygen atoms in total. The van der Waals surface area contributed by atoms with Crippen molar-refractivity contribution in [2.45, 2.75) is 25.9 Å². The monoisotopic (exact) mass is 317 g/mol. The summed E-state index contributed by atoms with van der Waals surface area (Å²) < 4.78 is 0. The molecule has 0 aromatic heterocycles. The third-order valence-electron chi connectivity index (χ3n) is 3.18. The van der Waals surface area contributed by atoms with Crippen molar-refractivity contribution in [1.29, 1.82) is 0 Å². The third-order valence-corrected chi connectivity index (χ3v) is 3.18. The van der Waals surface area contributed by atoms with Crippen molar-refractivity contribution in [3.05, 3.63) is 0 Å². The molecule has 0 aliphatic rings. The van der Waals surface area contributed by atoms with E-state index < -0.39 is 62.1 Å². The van der Waals surface area contributed by atoms with E-state index in [2.05, 4.69) is 0 Å². The average molecular weight is 317 g/mol. The van der Waals surface area contributed by atoms with E-state index in [0.29, 0.717) is 0 Å². The summed E-state index contributed by atoms with van der Waals surface area (Å²) >= 11 is 0. The molecule has 2 atom stereocenters. The van der Waals surface area contributed by atoms with Crippen molar-refractivity contribution in [3.8, 4) is 0 Å². The van der Waals surface area contributed by atoms with Gasteiger partial charge < -0.3 is 34.8 Å². The molecule has 0 saturated heterocycles. The second kappa shape index (κ2) is 8.95. The zero-order chi connectivity index (χ0) is 17.4. The lowest BCUT2D eigenvalue weighted by Crippen LogP contribution is -2.56. The fourth-order valence-electron chi connectivity index (χ4n) is 1.97. The number of rotatable bonds is 11. The van der Waals surface area contributed by atoms with Crippen LogP contribution in [-0.2, 0) is 19.2 Å². The van der Waals surface area contributed by atoms with Crippen LogP contribution < -0.4 is 15.3 Å². The second-order valence-corrected chi connectivity index (χ2v) is 4.80. The molecule has 0 bridgehead atoms. The Hall–Kier alpha value is -2.20. The smallest absolute Gasteiger partial charge is 0.317 e. The van der Waals surface area contributed by atoms with Gasteiger partial charge in [-0.3, -0.25) is 14.6 Å². The van der Waals surface area contributed by atoms with Crippen molar-refractivity contribution < 1.29 is 39.6 Å². The topological polar surface area (TPSA) is 164 Å². The Morgan fingerprint density at radius 2 is 1.05 bits per heavy atom. The van der Waals surface area contributed by atoms with E-state index in [1.807, 2.05) is 0 Å². The number of carboxylic acids is 4. The lowest BCUT2D eigenvalue weighted by Gasteiger charge is -2.39. The number of aliphatic carboxylic acids is 4. The number of carbonyl (C=O) groups is 4. The van der Waals surface area contributed by atoms with Gasteiger partial charge in [-0.05, 0) is 13.8 Å². The lowest BCUT2D eigenvalue weighted by atomic mass is 10.1. The van der Waals surface area contributed by atoms with Gasteiger partial charge in [0.1, 0.15) is 0 Å². The van der Waals surface area contributed by atoms with Gasteiger partial charge in [0.05, 0.1) is 24.5 Å². The van der Waals surface area contributed by atoms with Gasteiger partial charge in [0.2, 0.25) is 0 Å². The third kappa shape index (κ3) is 7.55. The number of hydrogen-bond donors (Lipinski definition) is 1. The predicted molar refractivity (Wildman–Crippen MR) is 64.7 cm³/mol. The Bertz CT molecular complexity index is 367. The molecule has 0 rings (SSSR count). The van der Waals surface area contributed by atoms with Crippen LogP contribution in [-0.4, -0.2) is 77.0 Å². The summed E-state index contributed by atoms with van der Waals surface area (Å²) in [5.74, 6) is -5.84. The SMILES string of the molecule is CC(C(C)N(CC(=O)[O-])CC(=O)O)N(CC(=O)[O-])CC(=O)[O-]. The molecule has 0 amide bonds. The van der Waals surface area contributed by atoms with Crippen LogP contribution in [0.4, 0.5) is 0 Å². The minimum Gasteiger partial charge on any atom is -0.549 e. The van der Waals surface area contributed by atoms with Gasteiger partial charge in [0.15, 0.2) is 0 Å². The minimum atomic E-state index is -1.52. The highest BCUT2D eigenvalue weighted by Crippen LogP contribution is 2.10. The molecule has 0 aliphatic carbocycles. The first-order chi connectivity index (χ1) is 10.0. The van der Waals surface area contributed by atoms with E-state index in [1.54, 1.807) is 0 Å². The fraction of sp³-hybridized carbons (Fsp3) is 0.667. The van der Waals surface area contributed by atoms with Gasteiger partial charge in [-0.25, -0.2) is 0 Å². The van der Waals surface area contributed by atoms with Gasteiger partial charge in [-0.2, -0.15) is 0 Å². The standard InChI is InChI=1S/C12H20N2O8/c1-7(13(3-9(15)16)4-10(17)18)8(2)14(5-11(19)20)6-12(21)22/h7-8H,3-6H2,1-2H3,(H,15,16)(H,17,18)(H,19,20)(H,21,22)/p-3. The molecule has 126 valence electrons. The molecule has 0 aromatic rings. The van der Waals surface area contributed by atoms with Crippen molar-refractivity contribution >= 4 is 23.9 Å². The van der Waals surface area contributed by atoms with Crippen LogP contribution in [0.3, 0.4) is 0 Å². The molecule has 0 saturated carbocycles. The summed E-state index contributed by atoms with van der Waals surface area (Å²) in [5, 5.41) is 40.8. The lowest BCUT2D eigenvalue weighted by molar-refractivity contribution is -0.312. The van der Waals surface area contributed by atoms with Gasteiger partial charge in [0.25, 0.3) is 0 Å². The van der Waals surface area contributed by atoms with E-state index in [4.69, 9.17) is 5.11 Å². The fourth-order valence-corrected chi connectivity index (χ4v) is 1.97. The summed E-state index contributed by atoms with van der Waals surface area (Å²) in [6.45, 7) is 0.151. The Morgan fingerprint density at radius 3 is 1.27 bits per heavy atom. The van der Waals surface area contributed by atoms with Crippen LogP contribution in [0.25, 0.3) is 0 Å². The number of nitrogens with zero attached hydrogens (tertiary/aromatic N) is 2. The minimum absolute atomic E-state index is 0.621. The van der Waals surface area contributed by atoms with Gasteiger partial charge in [0, 0.05) is 31.7 Å². The van der Waals surface area contributed by atoms with Crippen LogP contribution in [0.1, 0.15) is 13.8 Å². The number of hydrogen-bond acceptors (Lipinski definition) is 9. The first-order valence-electron chi connectivity index (χ1n) is 6.34. The van der Waals surface area contributed by atoms with Crippen molar-refractivity contribution in [1.82, 2.24) is 9.80 Å². The molecule has 0 radical (unpaired) electrons. The Balaban J connectivity index is 5.13. The van der Waals surface area contributed by atoms with Gasteiger partial charge in [-0.1, -0.05) is 0 Å². The van der Waals surface area contributed by atoms with Crippen LogP contribution >= 0.6 is 0 Å². The molecule has 0 fully saturated rings. The number of carbonyl (C=O) groups excluding carboxylic acids is 3. The van der Waals surface area contributed by atoms with Crippen LogP contribution in [0.15, 0.2) is 0 Å². The maximum Gasteiger partial charge on any atom is 0.317 e. The maximum atomic E-state index is 10.8. The average Bonchev–Trinajstić information content (AvgIpc) is 2.33. The second-order valence-electron chi connectivity index (χ2n) is 4.80. The Morgan fingerprint density at radius 1 is 0.773 bits per heavy atom. The first-order valence-corrected chi connectivity index (χ1v) is 6.34. The Labute approximate surface area is 126 Å². The van der Waals surface area contributed by atoms with E-state index in [9.17, 15) is 34.5 Å². The van der Waals surface area contributed by atoms with E-state index >= 15 is 0 Å².